The summed E-state index contributed by atoms with van der Waals surface area (Å²) in [5.74, 6) is -0.546. The second kappa shape index (κ2) is 5.26. The predicted octanol–water partition coefficient (Wildman–Crippen LogP) is 3.39. The molecule has 0 spiro atoms. The quantitative estimate of drug-likeness (QED) is 0.797. The van der Waals surface area contributed by atoms with Crippen LogP contribution >= 0.6 is 34.8 Å². The van der Waals surface area contributed by atoms with E-state index >= 15 is 0 Å². The van der Waals surface area contributed by atoms with Gasteiger partial charge in [0, 0.05) is 0 Å². The molecule has 0 amide bonds. The van der Waals surface area contributed by atoms with Crippen LogP contribution in [0.3, 0.4) is 0 Å². The highest BCUT2D eigenvalue weighted by Crippen LogP contribution is 2.17. The van der Waals surface area contributed by atoms with Gasteiger partial charge in [-0.2, -0.15) is 0 Å². The Morgan fingerprint density at radius 1 is 1.28 bits per heavy atom. The number of aromatic nitrogens is 2. The number of nitrogens with zero attached hydrogens (tertiary/aromatic N) is 2. The average molecular weight is 308 g/mol. The molecule has 0 saturated carbocycles. The fourth-order valence-electron chi connectivity index (χ4n) is 1.39. The van der Waals surface area contributed by atoms with E-state index in [2.05, 4.69) is 4.98 Å². The summed E-state index contributed by atoms with van der Waals surface area (Å²) in [7, 11) is 0. The van der Waals surface area contributed by atoms with E-state index in [-0.39, 0.29) is 21.7 Å². The van der Waals surface area contributed by atoms with Crippen LogP contribution in [0.1, 0.15) is 5.56 Å². The summed E-state index contributed by atoms with van der Waals surface area (Å²) in [6.07, 6.45) is 1.25. The van der Waals surface area contributed by atoms with Crippen molar-refractivity contribution >= 4 is 34.8 Å². The van der Waals surface area contributed by atoms with Crippen LogP contribution in [0.4, 0.5) is 4.39 Å². The Morgan fingerprint density at radius 3 is 2.67 bits per heavy atom. The van der Waals surface area contributed by atoms with Crippen LogP contribution in [-0.4, -0.2) is 9.55 Å². The molecule has 0 aliphatic carbocycles. The van der Waals surface area contributed by atoms with Gasteiger partial charge in [0.25, 0.3) is 5.56 Å². The van der Waals surface area contributed by atoms with Crippen molar-refractivity contribution in [2.45, 2.75) is 6.54 Å². The second-order valence-electron chi connectivity index (χ2n) is 3.53. The Hall–Kier alpha value is -1.10. The van der Waals surface area contributed by atoms with Gasteiger partial charge in [-0.25, -0.2) is 9.37 Å². The summed E-state index contributed by atoms with van der Waals surface area (Å²) < 4.78 is 14.5. The number of benzene rings is 1. The first-order chi connectivity index (χ1) is 8.49. The van der Waals surface area contributed by atoms with E-state index in [1.54, 1.807) is 6.07 Å². The maximum atomic E-state index is 13.2. The van der Waals surface area contributed by atoms with Gasteiger partial charge < -0.3 is 0 Å². The molecular formula is C11H6Cl3FN2O. The Labute approximate surface area is 117 Å². The van der Waals surface area contributed by atoms with Crippen LogP contribution in [0.5, 0.6) is 0 Å². The third kappa shape index (κ3) is 2.66. The lowest BCUT2D eigenvalue weighted by Gasteiger charge is -2.06. The van der Waals surface area contributed by atoms with Crippen LogP contribution in [0.25, 0.3) is 0 Å². The minimum absolute atomic E-state index is 0.0263. The molecule has 18 heavy (non-hydrogen) atoms. The van der Waals surface area contributed by atoms with Crippen molar-refractivity contribution < 1.29 is 4.39 Å². The summed E-state index contributed by atoms with van der Waals surface area (Å²) in [5.41, 5.74) is 0.0891. The minimum Gasteiger partial charge on any atom is -0.293 e. The van der Waals surface area contributed by atoms with E-state index in [1.165, 1.54) is 23.0 Å². The smallest absolute Gasteiger partial charge is 0.273 e. The number of hydrogen-bond acceptors (Lipinski definition) is 2. The van der Waals surface area contributed by atoms with Gasteiger partial charge in [-0.15, -0.1) is 0 Å². The Balaban J connectivity index is 2.37. The van der Waals surface area contributed by atoms with Crippen molar-refractivity contribution in [1.82, 2.24) is 9.55 Å². The average Bonchev–Trinajstić information content (AvgIpc) is 2.34. The van der Waals surface area contributed by atoms with Gasteiger partial charge in [-0.3, -0.25) is 9.36 Å². The SMILES string of the molecule is O=c1c(Cl)c(Cl)ncn1Cc1ccc(Cl)c(F)c1. The van der Waals surface area contributed by atoms with Gasteiger partial charge in [0.15, 0.2) is 5.15 Å². The lowest BCUT2D eigenvalue weighted by molar-refractivity contribution is 0.622. The highest BCUT2D eigenvalue weighted by Gasteiger charge is 2.08. The van der Waals surface area contributed by atoms with Gasteiger partial charge in [-0.05, 0) is 17.7 Å². The lowest BCUT2D eigenvalue weighted by atomic mass is 10.2. The monoisotopic (exact) mass is 306 g/mol. The van der Waals surface area contributed by atoms with Gasteiger partial charge in [-0.1, -0.05) is 40.9 Å². The van der Waals surface area contributed by atoms with Crippen LogP contribution in [0.15, 0.2) is 29.3 Å². The lowest BCUT2D eigenvalue weighted by Crippen LogP contribution is -2.21. The van der Waals surface area contributed by atoms with Crippen LogP contribution < -0.4 is 5.56 Å². The number of halogens is 4. The van der Waals surface area contributed by atoms with Gasteiger partial charge in [0.2, 0.25) is 0 Å². The molecule has 0 bridgehead atoms. The van der Waals surface area contributed by atoms with E-state index in [1.807, 2.05) is 0 Å². The zero-order chi connectivity index (χ0) is 13.3. The van der Waals surface area contributed by atoms with E-state index < -0.39 is 11.4 Å². The van der Waals surface area contributed by atoms with E-state index in [4.69, 9.17) is 34.8 Å². The van der Waals surface area contributed by atoms with Gasteiger partial charge >= 0.3 is 0 Å². The van der Waals surface area contributed by atoms with Crippen molar-refractivity contribution in [3.05, 3.63) is 61.5 Å². The molecule has 1 aromatic heterocycles. The van der Waals surface area contributed by atoms with Crippen molar-refractivity contribution in [2.24, 2.45) is 0 Å². The summed E-state index contributed by atoms with van der Waals surface area (Å²) >= 11 is 16.9. The van der Waals surface area contributed by atoms with Gasteiger partial charge in [0.1, 0.15) is 10.8 Å². The van der Waals surface area contributed by atoms with Crippen LogP contribution in [0.2, 0.25) is 15.2 Å². The molecule has 0 atom stereocenters. The minimum atomic E-state index is -0.546. The summed E-state index contributed by atoms with van der Waals surface area (Å²) in [5, 5.41) is -0.188. The van der Waals surface area contributed by atoms with Crippen molar-refractivity contribution in [3.8, 4) is 0 Å². The zero-order valence-electron chi connectivity index (χ0n) is 8.83. The molecule has 1 heterocycles. The molecule has 0 radical (unpaired) electrons. The topological polar surface area (TPSA) is 34.9 Å². The van der Waals surface area contributed by atoms with E-state index in [0.717, 1.165) is 0 Å². The van der Waals surface area contributed by atoms with Crippen LogP contribution in [-0.2, 0) is 6.54 Å². The molecule has 0 aliphatic rings. The summed E-state index contributed by atoms with van der Waals surface area (Å²) in [4.78, 5) is 15.5. The molecule has 0 N–H and O–H groups in total. The molecule has 1 aromatic carbocycles. The molecule has 7 heteroatoms. The van der Waals surface area contributed by atoms with Gasteiger partial charge in [0.05, 0.1) is 17.9 Å². The van der Waals surface area contributed by atoms with E-state index in [9.17, 15) is 9.18 Å². The predicted molar refractivity (Wildman–Crippen MR) is 69.0 cm³/mol. The maximum Gasteiger partial charge on any atom is 0.273 e. The van der Waals surface area contributed by atoms with Crippen LogP contribution in [0, 0.1) is 5.82 Å². The molecule has 3 nitrogen and oxygen atoms in total. The largest absolute Gasteiger partial charge is 0.293 e. The first-order valence-electron chi connectivity index (χ1n) is 4.83. The highest BCUT2D eigenvalue weighted by atomic mass is 35.5. The standard InChI is InChI=1S/C11H6Cl3FN2O/c12-7-2-1-6(3-8(7)15)4-17-5-16-10(14)9(13)11(17)18/h1-3,5H,4H2. The van der Waals surface area contributed by atoms with E-state index in [0.29, 0.717) is 5.56 Å². The Bertz CT molecular complexity index is 657. The first-order valence-corrected chi connectivity index (χ1v) is 5.97. The molecule has 0 aliphatic heterocycles. The summed E-state index contributed by atoms with van der Waals surface area (Å²) in [6, 6.07) is 4.28. The third-order valence-corrected chi connectivity index (χ3v) is 3.31. The molecular weight excluding hydrogens is 301 g/mol. The molecule has 94 valence electrons. The molecule has 2 rings (SSSR count). The van der Waals surface area contributed by atoms with Crippen molar-refractivity contribution in [2.75, 3.05) is 0 Å². The first kappa shape index (κ1) is 13.3. The van der Waals surface area contributed by atoms with Crippen molar-refractivity contribution in [3.63, 3.8) is 0 Å². The highest BCUT2D eigenvalue weighted by molar-refractivity contribution is 6.40. The number of rotatable bonds is 2. The zero-order valence-corrected chi connectivity index (χ0v) is 11.1. The maximum absolute atomic E-state index is 13.2. The molecule has 0 unspecified atom stereocenters. The normalized spacial score (nSPS) is 10.7. The Kier molecular flexibility index (Phi) is 3.90. The fraction of sp³-hybridized carbons (Fsp3) is 0.0909. The van der Waals surface area contributed by atoms with Crippen molar-refractivity contribution in [1.29, 1.82) is 0 Å². The molecule has 2 aromatic rings. The molecule has 0 fully saturated rings. The molecule has 0 saturated heterocycles. The second-order valence-corrected chi connectivity index (χ2v) is 4.67. The Morgan fingerprint density at radius 2 is 2.00 bits per heavy atom. The summed E-state index contributed by atoms with van der Waals surface area (Å²) in [6.45, 7) is 0.136. The fourth-order valence-corrected chi connectivity index (χ4v) is 1.79. The third-order valence-electron chi connectivity index (χ3n) is 2.28. The number of hydrogen-bond donors (Lipinski definition) is 0.